The molecule has 8 heteroatoms. The van der Waals surface area contributed by atoms with Crippen LogP contribution in [0.4, 0.5) is 10.1 Å². The molecule has 1 atom stereocenters. The molecule has 1 heterocycles. The van der Waals surface area contributed by atoms with E-state index < -0.39 is 15.8 Å². The fourth-order valence-electron chi connectivity index (χ4n) is 5.14. The van der Waals surface area contributed by atoms with Crippen molar-refractivity contribution in [3.05, 3.63) is 82.2 Å². The van der Waals surface area contributed by atoms with E-state index in [4.69, 9.17) is 9.84 Å². The first-order valence-electron chi connectivity index (χ1n) is 12.8. The van der Waals surface area contributed by atoms with Crippen LogP contribution in [-0.2, 0) is 27.5 Å². The summed E-state index contributed by atoms with van der Waals surface area (Å²) in [4.78, 5) is 10.9. The van der Waals surface area contributed by atoms with Crippen LogP contribution in [0, 0.1) is 19.7 Å². The molecule has 1 aliphatic rings. The Morgan fingerprint density at radius 3 is 2.55 bits per heavy atom. The van der Waals surface area contributed by atoms with Gasteiger partial charge in [0.15, 0.2) is 0 Å². The van der Waals surface area contributed by atoms with E-state index in [2.05, 4.69) is 23.5 Å². The highest BCUT2D eigenvalue weighted by Gasteiger charge is 2.22. The Morgan fingerprint density at radius 2 is 1.87 bits per heavy atom. The smallest absolute Gasteiger partial charge is 0.303 e. The number of carboxylic acids is 1. The predicted octanol–water partition coefficient (Wildman–Crippen LogP) is 6.04. The fourth-order valence-corrected chi connectivity index (χ4v) is 5.78. The number of halogens is 1. The minimum Gasteiger partial charge on any atom is -0.494 e. The third-order valence-corrected chi connectivity index (χ3v) is 7.95. The maximum atomic E-state index is 14.6. The molecule has 3 aromatic carbocycles. The van der Waals surface area contributed by atoms with Gasteiger partial charge in [-0.25, -0.2) is 12.8 Å². The standard InChI is InChI=1S/C30H34FNO5S/c1-19-14-25(37-12-5-13-38(3,35)36)15-20(2)30(19)24-7-4-6-22(17-24)27-10-8-23-16-21(9-11-29(33)34)26(31)18-28(23)32-27/h4,6-7,14-18,27,32H,5,8-13H2,1-3H3,(H,33,34). The SMILES string of the molecule is Cc1cc(OCCCS(C)(=O)=O)cc(C)c1-c1cccc(C2CCc3cc(CCC(=O)O)c(F)cc3N2)c1. The van der Waals surface area contributed by atoms with Crippen molar-refractivity contribution >= 4 is 21.5 Å². The summed E-state index contributed by atoms with van der Waals surface area (Å²) >= 11 is 0. The number of hydrogen-bond donors (Lipinski definition) is 2. The number of aryl methyl sites for hydroxylation is 4. The molecule has 0 fully saturated rings. The minimum atomic E-state index is -3.00. The van der Waals surface area contributed by atoms with Gasteiger partial charge in [-0.1, -0.05) is 24.3 Å². The Hall–Kier alpha value is -3.39. The lowest BCUT2D eigenvalue weighted by Crippen LogP contribution is -2.19. The third kappa shape index (κ3) is 6.92. The molecule has 2 N–H and O–H groups in total. The van der Waals surface area contributed by atoms with Gasteiger partial charge in [-0.2, -0.15) is 0 Å². The Morgan fingerprint density at radius 1 is 1.13 bits per heavy atom. The van der Waals surface area contributed by atoms with Crippen LogP contribution in [0.3, 0.4) is 0 Å². The lowest BCUT2D eigenvalue weighted by Gasteiger charge is -2.28. The van der Waals surface area contributed by atoms with Gasteiger partial charge in [-0.15, -0.1) is 0 Å². The number of fused-ring (bicyclic) bond motifs is 1. The first-order valence-corrected chi connectivity index (χ1v) is 14.9. The Labute approximate surface area is 223 Å². The quantitative estimate of drug-likeness (QED) is 0.305. The lowest BCUT2D eigenvalue weighted by atomic mass is 9.89. The number of benzene rings is 3. The first-order chi connectivity index (χ1) is 18.0. The van der Waals surface area contributed by atoms with Gasteiger partial charge in [-0.05, 0) is 103 Å². The topological polar surface area (TPSA) is 92.7 Å². The van der Waals surface area contributed by atoms with Crippen LogP contribution in [-0.4, -0.2) is 38.1 Å². The van der Waals surface area contributed by atoms with Crippen LogP contribution >= 0.6 is 0 Å². The van der Waals surface area contributed by atoms with E-state index in [0.717, 1.165) is 57.7 Å². The number of aliphatic carboxylic acids is 1. The monoisotopic (exact) mass is 539 g/mol. The largest absolute Gasteiger partial charge is 0.494 e. The normalized spacial score (nSPS) is 15.0. The number of hydrogen-bond acceptors (Lipinski definition) is 5. The highest BCUT2D eigenvalue weighted by Crippen LogP contribution is 2.37. The number of ether oxygens (including phenoxy) is 1. The minimum absolute atomic E-state index is 0.0322. The maximum absolute atomic E-state index is 14.6. The molecule has 0 aromatic heterocycles. The summed E-state index contributed by atoms with van der Waals surface area (Å²) in [7, 11) is -3.00. The summed E-state index contributed by atoms with van der Waals surface area (Å²) in [5.74, 6) is -0.480. The van der Waals surface area contributed by atoms with Crippen molar-refractivity contribution in [2.24, 2.45) is 0 Å². The first kappa shape index (κ1) is 27.6. The second-order valence-electron chi connectivity index (χ2n) is 10.1. The molecule has 38 heavy (non-hydrogen) atoms. The van der Waals surface area contributed by atoms with E-state index >= 15 is 0 Å². The number of sulfone groups is 1. The van der Waals surface area contributed by atoms with Crippen molar-refractivity contribution in [1.82, 2.24) is 0 Å². The molecule has 0 bridgehead atoms. The predicted molar refractivity (Wildman–Crippen MR) is 148 cm³/mol. The summed E-state index contributed by atoms with van der Waals surface area (Å²) < 4.78 is 43.1. The molecule has 0 saturated heterocycles. The van der Waals surface area contributed by atoms with Crippen LogP contribution in [0.1, 0.15) is 53.1 Å². The van der Waals surface area contributed by atoms with Gasteiger partial charge in [0.05, 0.1) is 18.4 Å². The van der Waals surface area contributed by atoms with Gasteiger partial charge >= 0.3 is 5.97 Å². The fraction of sp³-hybridized carbons (Fsp3) is 0.367. The van der Waals surface area contributed by atoms with E-state index in [1.165, 1.54) is 12.3 Å². The van der Waals surface area contributed by atoms with Crippen molar-refractivity contribution < 1.29 is 27.4 Å². The molecule has 1 unspecified atom stereocenters. The number of nitrogens with one attached hydrogen (secondary N) is 1. The van der Waals surface area contributed by atoms with E-state index in [1.807, 2.05) is 32.0 Å². The number of rotatable bonds is 10. The van der Waals surface area contributed by atoms with Crippen molar-refractivity contribution in [3.63, 3.8) is 0 Å². The van der Waals surface area contributed by atoms with Crippen LogP contribution in [0.5, 0.6) is 5.75 Å². The number of anilines is 1. The van der Waals surface area contributed by atoms with Crippen LogP contribution in [0.25, 0.3) is 11.1 Å². The number of carbonyl (C=O) groups is 1. The van der Waals surface area contributed by atoms with Crippen molar-refractivity contribution in [3.8, 4) is 16.9 Å². The summed E-state index contributed by atoms with van der Waals surface area (Å²) in [5, 5.41) is 12.4. The van der Waals surface area contributed by atoms with E-state index in [0.29, 0.717) is 18.6 Å². The Bertz CT molecular complexity index is 1430. The summed E-state index contributed by atoms with van der Waals surface area (Å²) in [6.07, 6.45) is 3.40. The molecule has 0 amide bonds. The summed E-state index contributed by atoms with van der Waals surface area (Å²) in [6.45, 7) is 4.42. The molecule has 0 radical (unpaired) electrons. The zero-order valence-corrected chi connectivity index (χ0v) is 22.8. The van der Waals surface area contributed by atoms with Gasteiger partial charge in [0.25, 0.3) is 0 Å². The number of carboxylic acid groups (broad SMARTS) is 1. The van der Waals surface area contributed by atoms with Gasteiger partial charge in [0.1, 0.15) is 21.4 Å². The molecule has 202 valence electrons. The second kappa shape index (κ2) is 11.6. The molecule has 1 aliphatic heterocycles. The summed E-state index contributed by atoms with van der Waals surface area (Å²) in [6, 6.07) is 15.6. The van der Waals surface area contributed by atoms with Gasteiger partial charge in [-0.3, -0.25) is 4.79 Å². The van der Waals surface area contributed by atoms with E-state index in [9.17, 15) is 17.6 Å². The highest BCUT2D eigenvalue weighted by atomic mass is 32.2. The molecular weight excluding hydrogens is 505 g/mol. The van der Waals surface area contributed by atoms with Crippen LogP contribution < -0.4 is 10.1 Å². The molecule has 6 nitrogen and oxygen atoms in total. The maximum Gasteiger partial charge on any atom is 0.303 e. The second-order valence-corrected chi connectivity index (χ2v) is 12.4. The molecule has 0 spiro atoms. The average molecular weight is 540 g/mol. The molecule has 0 aliphatic carbocycles. The molecule has 0 saturated carbocycles. The van der Waals surface area contributed by atoms with Crippen molar-refractivity contribution in [2.45, 2.75) is 52.0 Å². The van der Waals surface area contributed by atoms with Crippen molar-refractivity contribution in [2.75, 3.05) is 23.9 Å². The van der Waals surface area contributed by atoms with Gasteiger partial charge in [0.2, 0.25) is 0 Å². The zero-order valence-electron chi connectivity index (χ0n) is 22.0. The Kier molecular flexibility index (Phi) is 8.41. The average Bonchev–Trinajstić information content (AvgIpc) is 2.84. The molecular formula is C30H34FNO5S. The van der Waals surface area contributed by atoms with Crippen LogP contribution in [0.2, 0.25) is 0 Å². The van der Waals surface area contributed by atoms with E-state index in [1.54, 1.807) is 6.07 Å². The van der Waals surface area contributed by atoms with E-state index in [-0.39, 0.29) is 30.5 Å². The van der Waals surface area contributed by atoms with Gasteiger partial charge in [0, 0.05) is 18.4 Å². The highest BCUT2D eigenvalue weighted by molar-refractivity contribution is 7.90. The molecule has 3 aromatic rings. The molecule has 4 rings (SSSR count). The third-order valence-electron chi connectivity index (χ3n) is 6.92. The summed E-state index contributed by atoms with van der Waals surface area (Å²) in [5.41, 5.74) is 7.68. The Balaban J connectivity index is 1.50. The van der Waals surface area contributed by atoms with Gasteiger partial charge < -0.3 is 15.2 Å². The van der Waals surface area contributed by atoms with Crippen molar-refractivity contribution in [1.29, 1.82) is 0 Å². The van der Waals surface area contributed by atoms with Crippen LogP contribution in [0.15, 0.2) is 48.5 Å². The lowest BCUT2D eigenvalue weighted by molar-refractivity contribution is -0.136. The zero-order chi connectivity index (χ0) is 27.4.